The molecule has 2 amide bonds. The van der Waals surface area contributed by atoms with Gasteiger partial charge in [0.1, 0.15) is 6.54 Å². The summed E-state index contributed by atoms with van der Waals surface area (Å²) in [5.41, 5.74) is 2.10. The van der Waals surface area contributed by atoms with E-state index in [9.17, 15) is 14.4 Å². The summed E-state index contributed by atoms with van der Waals surface area (Å²) < 4.78 is 0. The number of nitrogens with zero attached hydrogens (tertiary/aromatic N) is 2. The Balaban J connectivity index is 1.97. The van der Waals surface area contributed by atoms with Gasteiger partial charge in [-0.1, -0.05) is 60.7 Å². The zero-order valence-electron chi connectivity index (χ0n) is 16.1. The molecule has 2 aromatic rings. The first-order valence-electron chi connectivity index (χ1n) is 9.28. The molecule has 2 aromatic carbocycles. The van der Waals surface area contributed by atoms with Crippen LogP contribution >= 0.6 is 0 Å². The summed E-state index contributed by atoms with van der Waals surface area (Å²) in [6.07, 6.45) is 1.20. The molecule has 0 radical (unpaired) electrons. The molecule has 0 aliphatic heterocycles. The maximum atomic E-state index is 12.7. The van der Waals surface area contributed by atoms with E-state index in [0.29, 0.717) is 25.9 Å². The van der Waals surface area contributed by atoms with Gasteiger partial charge >= 0.3 is 5.97 Å². The van der Waals surface area contributed by atoms with Gasteiger partial charge in [-0.3, -0.25) is 14.4 Å². The molecule has 6 nitrogen and oxygen atoms in total. The van der Waals surface area contributed by atoms with Crippen LogP contribution in [0, 0.1) is 0 Å². The van der Waals surface area contributed by atoms with Gasteiger partial charge in [0.05, 0.1) is 6.54 Å². The lowest BCUT2D eigenvalue weighted by Crippen LogP contribution is -2.45. The molecule has 28 heavy (non-hydrogen) atoms. The summed E-state index contributed by atoms with van der Waals surface area (Å²) in [5, 5.41) is 9.15. The normalized spacial score (nSPS) is 10.3. The first kappa shape index (κ1) is 21.2. The van der Waals surface area contributed by atoms with Crippen molar-refractivity contribution in [2.24, 2.45) is 0 Å². The number of carboxylic acids is 1. The predicted octanol–water partition coefficient (Wildman–Crippen LogP) is 2.23. The molecule has 0 aromatic heterocycles. The summed E-state index contributed by atoms with van der Waals surface area (Å²) in [4.78, 5) is 38.6. The van der Waals surface area contributed by atoms with Crippen molar-refractivity contribution in [3.8, 4) is 0 Å². The largest absolute Gasteiger partial charge is 0.480 e. The summed E-state index contributed by atoms with van der Waals surface area (Å²) in [6, 6.07) is 19.3. The van der Waals surface area contributed by atoms with Crippen LogP contribution in [-0.4, -0.2) is 58.9 Å². The summed E-state index contributed by atoms with van der Waals surface area (Å²) in [6.45, 7) is 1.62. The Morgan fingerprint density at radius 3 is 1.64 bits per heavy atom. The molecule has 0 saturated heterocycles. The minimum absolute atomic E-state index is 0.121. The molecule has 0 fully saturated rings. The van der Waals surface area contributed by atoms with Gasteiger partial charge in [0.25, 0.3) is 0 Å². The maximum Gasteiger partial charge on any atom is 0.323 e. The lowest BCUT2D eigenvalue weighted by molar-refractivity contribution is -0.146. The van der Waals surface area contributed by atoms with Crippen LogP contribution in [-0.2, 0) is 27.2 Å². The fourth-order valence-corrected chi connectivity index (χ4v) is 2.88. The highest BCUT2D eigenvalue weighted by atomic mass is 16.4. The molecule has 0 atom stereocenters. The molecule has 0 heterocycles. The van der Waals surface area contributed by atoms with E-state index in [-0.39, 0.29) is 24.9 Å². The molecule has 0 aliphatic carbocycles. The van der Waals surface area contributed by atoms with Crippen molar-refractivity contribution in [1.29, 1.82) is 0 Å². The first-order valence-corrected chi connectivity index (χ1v) is 9.28. The van der Waals surface area contributed by atoms with E-state index in [2.05, 4.69) is 0 Å². The van der Waals surface area contributed by atoms with Crippen molar-refractivity contribution >= 4 is 17.8 Å². The average molecular weight is 382 g/mol. The highest BCUT2D eigenvalue weighted by Gasteiger charge is 2.21. The Bertz CT molecular complexity index is 778. The van der Waals surface area contributed by atoms with E-state index < -0.39 is 5.97 Å². The summed E-state index contributed by atoms with van der Waals surface area (Å²) >= 11 is 0. The minimum Gasteiger partial charge on any atom is -0.480 e. The Labute approximate surface area is 165 Å². The van der Waals surface area contributed by atoms with Gasteiger partial charge in [0.15, 0.2) is 0 Å². The van der Waals surface area contributed by atoms with E-state index >= 15 is 0 Å². The van der Waals surface area contributed by atoms with Gasteiger partial charge in [-0.2, -0.15) is 0 Å². The van der Waals surface area contributed by atoms with Crippen molar-refractivity contribution in [2.75, 3.05) is 26.2 Å². The Morgan fingerprint density at radius 1 is 0.750 bits per heavy atom. The molecule has 148 valence electrons. The lowest BCUT2D eigenvalue weighted by Gasteiger charge is -2.26. The molecule has 0 unspecified atom stereocenters. The number of rotatable bonds is 10. The van der Waals surface area contributed by atoms with Crippen LogP contribution in [0.15, 0.2) is 60.7 Å². The van der Waals surface area contributed by atoms with Crippen LogP contribution in [0.4, 0.5) is 0 Å². The number of carbonyl (C=O) groups excluding carboxylic acids is 2. The smallest absolute Gasteiger partial charge is 0.323 e. The minimum atomic E-state index is -1.07. The molecule has 1 N–H and O–H groups in total. The second kappa shape index (κ2) is 10.9. The molecule has 6 heteroatoms. The fourth-order valence-electron chi connectivity index (χ4n) is 2.88. The van der Waals surface area contributed by atoms with Crippen molar-refractivity contribution in [3.05, 3.63) is 71.8 Å². The Kier molecular flexibility index (Phi) is 8.21. The molecule has 0 bridgehead atoms. The Hall–Kier alpha value is -3.15. The molecular formula is C22H26N2O4. The number of carbonyl (C=O) groups is 3. The van der Waals surface area contributed by atoms with Gasteiger partial charge < -0.3 is 14.9 Å². The van der Waals surface area contributed by atoms with Crippen LogP contribution in [0.1, 0.15) is 18.1 Å². The predicted molar refractivity (Wildman–Crippen MR) is 107 cm³/mol. The molecule has 0 spiro atoms. The number of aliphatic carboxylic acids is 1. The van der Waals surface area contributed by atoms with Crippen LogP contribution in [0.3, 0.4) is 0 Å². The summed E-state index contributed by atoms with van der Waals surface area (Å²) in [5.74, 6) is -1.63. The topological polar surface area (TPSA) is 77.9 Å². The van der Waals surface area contributed by atoms with E-state index in [1.165, 1.54) is 16.7 Å². The number of hydrogen-bond donors (Lipinski definition) is 1. The van der Waals surface area contributed by atoms with Crippen LogP contribution in [0.5, 0.6) is 0 Å². The van der Waals surface area contributed by atoms with E-state index in [1.54, 1.807) is 0 Å². The van der Waals surface area contributed by atoms with Crippen molar-refractivity contribution in [2.45, 2.75) is 19.8 Å². The van der Waals surface area contributed by atoms with Crippen LogP contribution in [0.25, 0.3) is 0 Å². The summed E-state index contributed by atoms with van der Waals surface area (Å²) in [7, 11) is 0. The van der Waals surface area contributed by atoms with Gasteiger partial charge in [-0.05, 0) is 24.0 Å². The number of benzene rings is 2. The van der Waals surface area contributed by atoms with Crippen molar-refractivity contribution in [3.63, 3.8) is 0 Å². The monoisotopic (exact) mass is 382 g/mol. The highest BCUT2D eigenvalue weighted by Crippen LogP contribution is 2.05. The van der Waals surface area contributed by atoms with Gasteiger partial charge in [-0.15, -0.1) is 0 Å². The highest BCUT2D eigenvalue weighted by molar-refractivity contribution is 5.86. The van der Waals surface area contributed by atoms with Crippen molar-refractivity contribution < 1.29 is 19.5 Å². The lowest BCUT2D eigenvalue weighted by atomic mass is 10.1. The Morgan fingerprint density at radius 2 is 1.21 bits per heavy atom. The number of amides is 2. The molecule has 0 aliphatic rings. The zero-order chi connectivity index (χ0) is 20.4. The van der Waals surface area contributed by atoms with E-state index in [0.717, 1.165) is 11.1 Å². The second-order valence-electron chi connectivity index (χ2n) is 6.62. The maximum absolute atomic E-state index is 12.7. The third-order valence-corrected chi connectivity index (χ3v) is 4.48. The average Bonchev–Trinajstić information content (AvgIpc) is 2.69. The van der Waals surface area contributed by atoms with Gasteiger partial charge in [0.2, 0.25) is 11.8 Å². The van der Waals surface area contributed by atoms with Gasteiger partial charge in [-0.25, -0.2) is 0 Å². The fraction of sp³-hybridized carbons (Fsp3) is 0.318. The van der Waals surface area contributed by atoms with Gasteiger partial charge in [0, 0.05) is 20.0 Å². The van der Waals surface area contributed by atoms with Crippen LogP contribution < -0.4 is 0 Å². The third kappa shape index (κ3) is 7.23. The second-order valence-corrected chi connectivity index (χ2v) is 6.62. The quantitative estimate of drug-likeness (QED) is 0.684. The molecule has 0 saturated carbocycles. The molecular weight excluding hydrogens is 356 g/mol. The number of hydrogen-bond acceptors (Lipinski definition) is 3. The van der Waals surface area contributed by atoms with Crippen LogP contribution in [0.2, 0.25) is 0 Å². The van der Waals surface area contributed by atoms with E-state index in [1.807, 2.05) is 60.7 Å². The molecule has 2 rings (SSSR count). The standard InChI is InChI=1S/C22H26N2O4/c1-18(25)23(14-12-19-8-4-2-5-9-19)16-21(26)24(17-22(27)28)15-13-20-10-6-3-7-11-20/h2-11H,12-17H2,1H3,(H,27,28). The zero-order valence-corrected chi connectivity index (χ0v) is 16.1. The van der Waals surface area contributed by atoms with E-state index in [4.69, 9.17) is 5.11 Å². The number of carboxylic acid groups (broad SMARTS) is 1. The first-order chi connectivity index (χ1) is 13.5. The SMILES string of the molecule is CC(=O)N(CCc1ccccc1)CC(=O)N(CCc1ccccc1)CC(=O)O. The third-order valence-electron chi connectivity index (χ3n) is 4.48. The van der Waals surface area contributed by atoms with Crippen molar-refractivity contribution in [1.82, 2.24) is 9.80 Å².